The van der Waals surface area contributed by atoms with Crippen molar-refractivity contribution in [3.8, 4) is 5.69 Å². The van der Waals surface area contributed by atoms with Crippen molar-refractivity contribution in [2.45, 2.75) is 30.6 Å². The van der Waals surface area contributed by atoms with E-state index >= 15 is 0 Å². The van der Waals surface area contributed by atoms with E-state index in [4.69, 9.17) is 0 Å². The van der Waals surface area contributed by atoms with E-state index in [9.17, 15) is 4.79 Å². The van der Waals surface area contributed by atoms with Gasteiger partial charge in [-0.15, -0.1) is 5.10 Å². The summed E-state index contributed by atoms with van der Waals surface area (Å²) in [5, 5.41) is 16.6. The van der Waals surface area contributed by atoms with E-state index in [1.807, 2.05) is 40.6 Å². The van der Waals surface area contributed by atoms with Crippen molar-refractivity contribution in [3.63, 3.8) is 0 Å². The van der Waals surface area contributed by atoms with Crippen LogP contribution in [-0.4, -0.2) is 42.8 Å². The maximum absolute atomic E-state index is 12.7. The van der Waals surface area contributed by atoms with Crippen LogP contribution in [0.2, 0.25) is 0 Å². The molecule has 0 saturated heterocycles. The van der Waals surface area contributed by atoms with Gasteiger partial charge in [0.05, 0.1) is 11.4 Å². The molecule has 2 aromatic heterocycles. The van der Waals surface area contributed by atoms with Gasteiger partial charge in [0, 0.05) is 12.6 Å². The standard InChI is InChI=1S/C17H17N5OS2/c23-16(21(14-6-7-14)10-13-8-9-24-11-13)12-25-17-18-19-20-22(17)15-4-2-1-3-5-15/h1-5,8-9,11,14H,6-7,10,12H2. The molecule has 2 heterocycles. The number of carbonyl (C=O) groups excluding carboxylic acids is 1. The molecule has 0 N–H and O–H groups in total. The number of nitrogens with zero attached hydrogens (tertiary/aromatic N) is 5. The van der Waals surface area contributed by atoms with Crippen molar-refractivity contribution in [1.29, 1.82) is 0 Å². The minimum absolute atomic E-state index is 0.140. The number of benzene rings is 1. The molecule has 0 bridgehead atoms. The van der Waals surface area contributed by atoms with E-state index in [1.54, 1.807) is 16.0 Å². The highest BCUT2D eigenvalue weighted by molar-refractivity contribution is 7.99. The molecule has 4 rings (SSSR count). The normalized spacial score (nSPS) is 13.8. The summed E-state index contributed by atoms with van der Waals surface area (Å²) < 4.78 is 1.66. The minimum Gasteiger partial charge on any atom is -0.335 e. The molecular formula is C17H17N5OS2. The molecule has 0 radical (unpaired) electrons. The van der Waals surface area contributed by atoms with Crippen LogP contribution >= 0.6 is 23.1 Å². The smallest absolute Gasteiger partial charge is 0.233 e. The number of hydrogen-bond acceptors (Lipinski definition) is 6. The monoisotopic (exact) mass is 371 g/mol. The third-order valence-corrected chi connectivity index (χ3v) is 5.64. The van der Waals surface area contributed by atoms with Gasteiger partial charge in [0.2, 0.25) is 11.1 Å². The Kier molecular flexibility index (Phi) is 4.80. The summed E-state index contributed by atoms with van der Waals surface area (Å²) in [6.07, 6.45) is 2.20. The van der Waals surface area contributed by atoms with Gasteiger partial charge < -0.3 is 4.90 Å². The highest BCUT2D eigenvalue weighted by Crippen LogP contribution is 2.30. The Morgan fingerprint density at radius 1 is 1.28 bits per heavy atom. The van der Waals surface area contributed by atoms with Crippen LogP contribution < -0.4 is 0 Å². The molecule has 0 aliphatic heterocycles. The number of tetrazole rings is 1. The van der Waals surface area contributed by atoms with E-state index in [0.717, 1.165) is 18.5 Å². The average Bonchev–Trinajstić information content (AvgIpc) is 3.16. The Bertz CT molecular complexity index is 830. The lowest BCUT2D eigenvalue weighted by Crippen LogP contribution is -2.33. The Morgan fingerprint density at radius 3 is 2.84 bits per heavy atom. The number of thioether (sulfide) groups is 1. The SMILES string of the molecule is O=C(CSc1nnnn1-c1ccccc1)N(Cc1ccsc1)C1CC1. The van der Waals surface area contributed by atoms with Gasteiger partial charge in [0.25, 0.3) is 0 Å². The first-order valence-corrected chi connectivity index (χ1v) is 10.0. The summed E-state index contributed by atoms with van der Waals surface area (Å²) in [5.41, 5.74) is 2.09. The molecule has 0 spiro atoms. The van der Waals surface area contributed by atoms with Gasteiger partial charge >= 0.3 is 0 Å². The summed E-state index contributed by atoms with van der Waals surface area (Å²) in [7, 11) is 0. The summed E-state index contributed by atoms with van der Waals surface area (Å²) >= 11 is 3.04. The number of thiophene rings is 1. The summed E-state index contributed by atoms with van der Waals surface area (Å²) in [4.78, 5) is 14.7. The molecule has 1 aliphatic rings. The molecular weight excluding hydrogens is 354 g/mol. The number of aromatic nitrogens is 4. The number of hydrogen-bond donors (Lipinski definition) is 0. The first-order valence-electron chi connectivity index (χ1n) is 8.08. The molecule has 6 nitrogen and oxygen atoms in total. The fourth-order valence-corrected chi connectivity index (χ4v) is 4.03. The van der Waals surface area contributed by atoms with Gasteiger partial charge in [-0.2, -0.15) is 16.0 Å². The van der Waals surface area contributed by atoms with Gasteiger partial charge in [0.15, 0.2) is 0 Å². The Morgan fingerprint density at radius 2 is 2.12 bits per heavy atom. The molecule has 0 unspecified atom stereocenters. The molecule has 3 aromatic rings. The second-order valence-corrected chi connectivity index (χ2v) is 7.60. The molecule has 1 aliphatic carbocycles. The van der Waals surface area contributed by atoms with Crippen LogP contribution in [0.4, 0.5) is 0 Å². The second-order valence-electron chi connectivity index (χ2n) is 5.88. The Labute approximate surface area is 153 Å². The molecule has 128 valence electrons. The zero-order valence-corrected chi connectivity index (χ0v) is 15.1. The number of amides is 1. The van der Waals surface area contributed by atoms with Crippen LogP contribution in [-0.2, 0) is 11.3 Å². The predicted molar refractivity (Wildman–Crippen MR) is 97.8 cm³/mol. The van der Waals surface area contributed by atoms with Crippen LogP contribution in [0.1, 0.15) is 18.4 Å². The van der Waals surface area contributed by atoms with Gasteiger partial charge in [-0.3, -0.25) is 4.79 Å². The van der Waals surface area contributed by atoms with Gasteiger partial charge in [-0.25, -0.2) is 0 Å². The predicted octanol–water partition coefficient (Wildman–Crippen LogP) is 3.01. The van der Waals surface area contributed by atoms with E-state index in [2.05, 4.69) is 27.0 Å². The first kappa shape index (κ1) is 16.3. The third kappa shape index (κ3) is 3.91. The molecule has 1 aromatic carbocycles. The maximum atomic E-state index is 12.7. The average molecular weight is 371 g/mol. The van der Waals surface area contributed by atoms with Crippen LogP contribution in [0.25, 0.3) is 5.69 Å². The summed E-state index contributed by atoms with van der Waals surface area (Å²) in [5.74, 6) is 0.481. The lowest BCUT2D eigenvalue weighted by Gasteiger charge is -2.21. The van der Waals surface area contributed by atoms with Crippen LogP contribution in [0.3, 0.4) is 0 Å². The lowest BCUT2D eigenvalue weighted by molar-refractivity contribution is -0.129. The minimum atomic E-state index is 0.140. The number of rotatable bonds is 7. The topological polar surface area (TPSA) is 63.9 Å². The van der Waals surface area contributed by atoms with Crippen LogP contribution in [0.5, 0.6) is 0 Å². The zero-order valence-electron chi connectivity index (χ0n) is 13.5. The number of para-hydroxylation sites is 1. The van der Waals surface area contributed by atoms with Crippen molar-refractivity contribution < 1.29 is 4.79 Å². The van der Waals surface area contributed by atoms with Crippen molar-refractivity contribution in [2.75, 3.05) is 5.75 Å². The van der Waals surface area contributed by atoms with E-state index < -0.39 is 0 Å². The zero-order chi connectivity index (χ0) is 17.1. The quantitative estimate of drug-likeness (QED) is 0.598. The summed E-state index contributed by atoms with van der Waals surface area (Å²) in [6, 6.07) is 12.2. The molecule has 1 amide bonds. The highest BCUT2D eigenvalue weighted by atomic mass is 32.2. The van der Waals surface area contributed by atoms with E-state index in [0.29, 0.717) is 23.5 Å². The highest BCUT2D eigenvalue weighted by Gasteiger charge is 2.32. The van der Waals surface area contributed by atoms with E-state index in [1.165, 1.54) is 17.3 Å². The van der Waals surface area contributed by atoms with E-state index in [-0.39, 0.29) is 5.91 Å². The van der Waals surface area contributed by atoms with Crippen molar-refractivity contribution in [1.82, 2.24) is 25.1 Å². The molecule has 1 fully saturated rings. The van der Waals surface area contributed by atoms with Crippen molar-refractivity contribution in [3.05, 3.63) is 52.7 Å². The maximum Gasteiger partial charge on any atom is 0.233 e. The van der Waals surface area contributed by atoms with Gasteiger partial charge in [-0.1, -0.05) is 30.0 Å². The number of carbonyl (C=O) groups is 1. The summed E-state index contributed by atoms with van der Waals surface area (Å²) in [6.45, 7) is 0.692. The fourth-order valence-electron chi connectivity index (χ4n) is 2.60. The largest absolute Gasteiger partial charge is 0.335 e. The molecule has 25 heavy (non-hydrogen) atoms. The first-order chi connectivity index (χ1) is 12.3. The molecule has 1 saturated carbocycles. The molecule has 8 heteroatoms. The van der Waals surface area contributed by atoms with Gasteiger partial charge in [-0.05, 0) is 57.8 Å². The Hall–Kier alpha value is -2.19. The van der Waals surface area contributed by atoms with Gasteiger partial charge in [0.1, 0.15) is 0 Å². The lowest BCUT2D eigenvalue weighted by atomic mass is 10.3. The Balaban J connectivity index is 1.42. The van der Waals surface area contributed by atoms with Crippen molar-refractivity contribution in [2.24, 2.45) is 0 Å². The second kappa shape index (κ2) is 7.37. The van der Waals surface area contributed by atoms with Crippen LogP contribution in [0, 0.1) is 0 Å². The molecule has 0 atom stereocenters. The third-order valence-electron chi connectivity index (χ3n) is 4.01. The van der Waals surface area contributed by atoms with Crippen LogP contribution in [0.15, 0.2) is 52.3 Å². The van der Waals surface area contributed by atoms with Crippen molar-refractivity contribution >= 4 is 29.0 Å². The fraction of sp³-hybridized carbons (Fsp3) is 0.294.